The molecule has 0 atom stereocenters. The van der Waals surface area contributed by atoms with Crippen LogP contribution in [0.2, 0.25) is 0 Å². The Labute approximate surface area is 143 Å². The molecule has 24 heavy (non-hydrogen) atoms. The molecule has 126 valence electrons. The second-order valence-electron chi connectivity index (χ2n) is 8.35. The van der Waals surface area contributed by atoms with E-state index < -0.39 is 0 Å². The number of benzene rings is 2. The number of hydrogen-bond donors (Lipinski definition) is 1. The average molecular weight is 323 g/mol. The van der Waals surface area contributed by atoms with E-state index in [9.17, 15) is 5.21 Å². The average Bonchev–Trinajstić information content (AvgIpc) is 2.87. The van der Waals surface area contributed by atoms with Gasteiger partial charge in [0.15, 0.2) is 0 Å². The van der Waals surface area contributed by atoms with Crippen LogP contribution < -0.4 is 0 Å². The van der Waals surface area contributed by atoms with Crippen molar-refractivity contribution in [2.45, 2.75) is 46.5 Å². The Kier molecular flexibility index (Phi) is 3.86. The SMILES string of the molecule is CC(C)(C)CC(C)(C)c1cccc(-c2cccc3c2nnn3O)c1. The highest BCUT2D eigenvalue weighted by atomic mass is 16.5. The summed E-state index contributed by atoms with van der Waals surface area (Å²) in [5, 5.41) is 17.6. The molecule has 4 nitrogen and oxygen atoms in total. The van der Waals surface area contributed by atoms with Crippen LogP contribution in [0.3, 0.4) is 0 Å². The minimum Gasteiger partial charge on any atom is -0.410 e. The maximum absolute atomic E-state index is 9.74. The van der Waals surface area contributed by atoms with Crippen LogP contribution >= 0.6 is 0 Å². The number of nitrogens with zero attached hydrogens (tertiary/aromatic N) is 3. The van der Waals surface area contributed by atoms with E-state index in [2.05, 4.69) is 69.2 Å². The van der Waals surface area contributed by atoms with Gasteiger partial charge in [-0.1, -0.05) is 75.9 Å². The van der Waals surface area contributed by atoms with Crippen LogP contribution in [-0.2, 0) is 5.41 Å². The molecule has 0 fully saturated rings. The third kappa shape index (κ3) is 3.14. The topological polar surface area (TPSA) is 50.9 Å². The number of rotatable bonds is 3. The van der Waals surface area contributed by atoms with Crippen molar-refractivity contribution < 1.29 is 5.21 Å². The molecule has 0 amide bonds. The summed E-state index contributed by atoms with van der Waals surface area (Å²) >= 11 is 0. The van der Waals surface area contributed by atoms with E-state index in [0.29, 0.717) is 11.0 Å². The van der Waals surface area contributed by atoms with Gasteiger partial charge >= 0.3 is 0 Å². The summed E-state index contributed by atoms with van der Waals surface area (Å²) in [6.07, 6.45) is 1.10. The van der Waals surface area contributed by atoms with E-state index in [1.807, 2.05) is 18.2 Å². The molecule has 0 unspecified atom stereocenters. The molecule has 0 aliphatic heterocycles. The molecule has 0 radical (unpaired) electrons. The molecular formula is C20H25N3O. The van der Waals surface area contributed by atoms with Gasteiger partial charge in [0.1, 0.15) is 11.0 Å². The van der Waals surface area contributed by atoms with Gasteiger partial charge in [0.2, 0.25) is 0 Å². The molecule has 4 heteroatoms. The van der Waals surface area contributed by atoms with Crippen LogP contribution in [0.15, 0.2) is 42.5 Å². The molecule has 0 spiro atoms. The molecule has 0 bridgehead atoms. The van der Waals surface area contributed by atoms with Gasteiger partial charge in [-0.15, -0.1) is 5.10 Å². The van der Waals surface area contributed by atoms with Gasteiger partial charge < -0.3 is 5.21 Å². The Morgan fingerprint density at radius 3 is 2.42 bits per heavy atom. The second kappa shape index (κ2) is 5.62. The summed E-state index contributed by atoms with van der Waals surface area (Å²) < 4.78 is 0. The first kappa shape index (κ1) is 16.5. The molecule has 1 heterocycles. The molecule has 1 N–H and O–H groups in total. The lowest BCUT2D eigenvalue weighted by Gasteiger charge is -2.33. The highest BCUT2D eigenvalue weighted by Crippen LogP contribution is 2.38. The predicted octanol–water partition coefficient (Wildman–Crippen LogP) is 5.05. The zero-order chi connectivity index (χ0) is 17.5. The number of fused-ring (bicyclic) bond motifs is 1. The van der Waals surface area contributed by atoms with Crippen molar-refractivity contribution in [3.05, 3.63) is 48.0 Å². The van der Waals surface area contributed by atoms with Crippen molar-refractivity contribution in [1.29, 1.82) is 0 Å². The molecule has 3 rings (SSSR count). The Morgan fingerprint density at radius 1 is 1.00 bits per heavy atom. The minimum absolute atomic E-state index is 0.0801. The van der Waals surface area contributed by atoms with Gasteiger partial charge in [0.05, 0.1) is 0 Å². The lowest BCUT2D eigenvalue weighted by Crippen LogP contribution is -2.24. The van der Waals surface area contributed by atoms with E-state index in [-0.39, 0.29) is 10.8 Å². The lowest BCUT2D eigenvalue weighted by atomic mass is 9.72. The zero-order valence-electron chi connectivity index (χ0n) is 15.0. The van der Waals surface area contributed by atoms with E-state index in [4.69, 9.17) is 0 Å². The van der Waals surface area contributed by atoms with Crippen molar-refractivity contribution in [2.24, 2.45) is 5.41 Å². The molecular weight excluding hydrogens is 298 g/mol. The molecule has 0 aliphatic rings. The van der Waals surface area contributed by atoms with Crippen molar-refractivity contribution in [2.75, 3.05) is 0 Å². The van der Waals surface area contributed by atoms with Crippen LogP contribution in [-0.4, -0.2) is 20.4 Å². The molecule has 3 aromatic rings. The third-order valence-electron chi connectivity index (χ3n) is 4.39. The first-order chi connectivity index (χ1) is 11.2. The van der Waals surface area contributed by atoms with E-state index in [0.717, 1.165) is 22.4 Å². The quantitative estimate of drug-likeness (QED) is 0.686. The summed E-state index contributed by atoms with van der Waals surface area (Å²) in [6, 6.07) is 14.4. The van der Waals surface area contributed by atoms with Gasteiger partial charge in [-0.05, 0) is 39.7 Å². The molecule has 2 aromatic carbocycles. The molecule has 0 saturated heterocycles. The standard InChI is InChI=1S/C20H25N3O/c1-19(2,3)13-20(4,5)15-9-6-8-14(12-15)16-10-7-11-17-18(16)21-22-23(17)24/h6-12,24H,13H2,1-5H3. The fraction of sp³-hybridized carbons (Fsp3) is 0.400. The highest BCUT2D eigenvalue weighted by molar-refractivity contribution is 5.91. The largest absolute Gasteiger partial charge is 0.410 e. The first-order valence-corrected chi connectivity index (χ1v) is 8.32. The summed E-state index contributed by atoms with van der Waals surface area (Å²) in [5.74, 6) is 0. The highest BCUT2D eigenvalue weighted by Gasteiger charge is 2.27. The van der Waals surface area contributed by atoms with E-state index >= 15 is 0 Å². The van der Waals surface area contributed by atoms with Gasteiger partial charge in [0.25, 0.3) is 0 Å². The third-order valence-corrected chi connectivity index (χ3v) is 4.39. The van der Waals surface area contributed by atoms with Gasteiger partial charge in [-0.3, -0.25) is 0 Å². The Morgan fingerprint density at radius 2 is 1.71 bits per heavy atom. The normalized spacial score (nSPS) is 12.7. The summed E-state index contributed by atoms with van der Waals surface area (Å²) in [4.78, 5) is 0.826. The predicted molar refractivity (Wildman–Crippen MR) is 97.2 cm³/mol. The Balaban J connectivity index is 2.07. The minimum atomic E-state index is 0.0801. The fourth-order valence-corrected chi connectivity index (χ4v) is 3.70. The van der Waals surface area contributed by atoms with Crippen molar-refractivity contribution in [1.82, 2.24) is 15.2 Å². The zero-order valence-corrected chi connectivity index (χ0v) is 15.0. The summed E-state index contributed by atoms with van der Waals surface area (Å²) in [5.41, 5.74) is 5.07. The summed E-state index contributed by atoms with van der Waals surface area (Å²) in [6.45, 7) is 11.4. The lowest BCUT2D eigenvalue weighted by molar-refractivity contribution is 0.155. The molecule has 0 aliphatic carbocycles. The maximum Gasteiger partial charge on any atom is 0.131 e. The van der Waals surface area contributed by atoms with E-state index in [1.165, 1.54) is 5.56 Å². The molecule has 0 saturated carbocycles. The van der Waals surface area contributed by atoms with Crippen LogP contribution in [0.4, 0.5) is 0 Å². The monoisotopic (exact) mass is 323 g/mol. The van der Waals surface area contributed by atoms with Crippen LogP contribution in [0, 0.1) is 5.41 Å². The Bertz CT molecular complexity index is 872. The number of aromatic nitrogens is 3. The van der Waals surface area contributed by atoms with Gasteiger partial charge in [-0.2, -0.15) is 0 Å². The van der Waals surface area contributed by atoms with E-state index in [1.54, 1.807) is 0 Å². The Hall–Kier alpha value is -2.36. The van der Waals surface area contributed by atoms with Gasteiger partial charge in [-0.25, -0.2) is 0 Å². The maximum atomic E-state index is 9.74. The van der Waals surface area contributed by atoms with Crippen molar-refractivity contribution >= 4 is 11.0 Å². The van der Waals surface area contributed by atoms with Crippen LogP contribution in [0.1, 0.15) is 46.6 Å². The summed E-state index contributed by atoms with van der Waals surface area (Å²) in [7, 11) is 0. The van der Waals surface area contributed by atoms with Gasteiger partial charge in [0, 0.05) is 5.56 Å². The van der Waals surface area contributed by atoms with Crippen LogP contribution in [0.25, 0.3) is 22.2 Å². The smallest absolute Gasteiger partial charge is 0.131 e. The molecule has 1 aromatic heterocycles. The van der Waals surface area contributed by atoms with Crippen LogP contribution in [0.5, 0.6) is 0 Å². The fourth-order valence-electron chi connectivity index (χ4n) is 3.70. The first-order valence-electron chi connectivity index (χ1n) is 8.32. The van der Waals surface area contributed by atoms with Crippen molar-refractivity contribution in [3.8, 4) is 11.1 Å². The number of hydrogen-bond acceptors (Lipinski definition) is 3. The second-order valence-corrected chi connectivity index (χ2v) is 8.35. The van der Waals surface area contributed by atoms with Crippen molar-refractivity contribution in [3.63, 3.8) is 0 Å².